The summed E-state index contributed by atoms with van der Waals surface area (Å²) in [5.41, 5.74) is 3.25. The Morgan fingerprint density at radius 3 is 2.65 bits per heavy atom. The molecular formula is C20H16Cl2N2OS. The highest BCUT2D eigenvalue weighted by atomic mass is 35.5. The predicted octanol–water partition coefficient (Wildman–Crippen LogP) is 6.00. The lowest BCUT2D eigenvalue weighted by atomic mass is 10.1. The van der Waals surface area contributed by atoms with Crippen LogP contribution in [0.4, 0.5) is 5.13 Å². The number of halogens is 2. The maximum absolute atomic E-state index is 12.1. The van der Waals surface area contributed by atoms with Gasteiger partial charge in [0, 0.05) is 23.6 Å². The minimum Gasteiger partial charge on any atom is -0.298 e. The van der Waals surface area contributed by atoms with Crippen LogP contribution in [0.25, 0.3) is 6.08 Å². The summed E-state index contributed by atoms with van der Waals surface area (Å²) in [6.07, 6.45) is 5.72. The molecule has 1 aromatic heterocycles. The first-order valence-electron chi connectivity index (χ1n) is 7.94. The van der Waals surface area contributed by atoms with Gasteiger partial charge in [-0.15, -0.1) is 11.3 Å². The molecule has 0 saturated heterocycles. The van der Waals surface area contributed by atoms with Gasteiger partial charge in [-0.25, -0.2) is 4.98 Å². The van der Waals surface area contributed by atoms with Crippen LogP contribution < -0.4 is 5.32 Å². The highest BCUT2D eigenvalue weighted by molar-refractivity contribution is 7.15. The molecule has 0 saturated carbocycles. The number of nitrogens with zero attached hydrogens (tertiary/aromatic N) is 1. The molecular weight excluding hydrogens is 387 g/mol. The molecule has 3 aromatic rings. The van der Waals surface area contributed by atoms with E-state index in [1.807, 2.05) is 0 Å². The van der Waals surface area contributed by atoms with Crippen molar-refractivity contribution >= 4 is 51.7 Å². The second-order valence-corrected chi connectivity index (χ2v) is 7.72. The molecule has 26 heavy (non-hydrogen) atoms. The number of benzene rings is 2. The Hall–Kier alpha value is -2.14. The minimum absolute atomic E-state index is 0.243. The highest BCUT2D eigenvalue weighted by Crippen LogP contribution is 2.24. The number of hydrogen-bond donors (Lipinski definition) is 1. The number of amides is 1. The summed E-state index contributed by atoms with van der Waals surface area (Å²) in [7, 11) is 0. The van der Waals surface area contributed by atoms with Crippen molar-refractivity contribution in [2.75, 3.05) is 5.32 Å². The number of carbonyl (C=O) groups is 1. The van der Waals surface area contributed by atoms with E-state index < -0.39 is 0 Å². The van der Waals surface area contributed by atoms with Gasteiger partial charge in [0.2, 0.25) is 5.91 Å². The van der Waals surface area contributed by atoms with Gasteiger partial charge in [0.1, 0.15) is 0 Å². The zero-order valence-electron chi connectivity index (χ0n) is 14.0. The lowest BCUT2D eigenvalue weighted by molar-refractivity contribution is -0.111. The third-order valence-corrected chi connectivity index (χ3v) is 5.31. The van der Waals surface area contributed by atoms with Gasteiger partial charge in [0.15, 0.2) is 5.13 Å². The fourth-order valence-corrected chi connectivity index (χ4v) is 3.45. The first-order valence-corrected chi connectivity index (χ1v) is 9.51. The zero-order chi connectivity index (χ0) is 18.5. The molecule has 3 nitrogen and oxygen atoms in total. The minimum atomic E-state index is -0.243. The summed E-state index contributed by atoms with van der Waals surface area (Å²) >= 11 is 13.3. The first-order chi connectivity index (χ1) is 12.5. The number of aromatic nitrogens is 1. The van der Waals surface area contributed by atoms with Gasteiger partial charge in [-0.2, -0.15) is 0 Å². The first kappa shape index (κ1) is 18.6. The molecule has 132 valence electrons. The molecule has 0 spiro atoms. The normalized spacial score (nSPS) is 11.0. The van der Waals surface area contributed by atoms with Crippen molar-refractivity contribution in [3.63, 3.8) is 0 Å². The standard InChI is InChI=1S/C20H16Cl2N2OS/c1-13-2-4-14(5-3-13)10-16-12-23-20(26-16)24-19(25)9-7-15-6-8-17(21)18(22)11-15/h2-9,11-12H,10H2,1H3,(H,23,24,25)/b9-7-. The third kappa shape index (κ3) is 5.18. The molecule has 0 aliphatic rings. The fourth-order valence-electron chi connectivity index (χ4n) is 2.29. The molecule has 0 atom stereocenters. The molecule has 0 fully saturated rings. The second-order valence-electron chi connectivity index (χ2n) is 5.79. The number of thiazole rings is 1. The van der Waals surface area contributed by atoms with E-state index in [9.17, 15) is 4.79 Å². The predicted molar refractivity (Wildman–Crippen MR) is 110 cm³/mol. The fraction of sp³-hybridized carbons (Fsp3) is 0.100. The molecule has 0 aliphatic carbocycles. The van der Waals surface area contributed by atoms with Gasteiger partial charge in [0.05, 0.1) is 10.0 Å². The van der Waals surface area contributed by atoms with Gasteiger partial charge < -0.3 is 0 Å². The molecule has 1 N–H and O–H groups in total. The number of aryl methyl sites for hydroxylation is 1. The van der Waals surface area contributed by atoms with E-state index >= 15 is 0 Å². The Morgan fingerprint density at radius 2 is 1.92 bits per heavy atom. The Kier molecular flexibility index (Phi) is 6.09. The molecule has 1 heterocycles. The maximum atomic E-state index is 12.1. The lowest BCUT2D eigenvalue weighted by Gasteiger charge is -1.99. The molecule has 3 rings (SSSR count). The zero-order valence-corrected chi connectivity index (χ0v) is 16.3. The van der Waals surface area contributed by atoms with E-state index in [0.29, 0.717) is 15.2 Å². The highest BCUT2D eigenvalue weighted by Gasteiger charge is 2.06. The van der Waals surface area contributed by atoms with Gasteiger partial charge in [-0.3, -0.25) is 10.1 Å². The molecule has 6 heteroatoms. The summed E-state index contributed by atoms with van der Waals surface area (Å²) in [5.74, 6) is -0.243. The molecule has 0 unspecified atom stereocenters. The summed E-state index contributed by atoms with van der Waals surface area (Å²) in [4.78, 5) is 17.4. The van der Waals surface area contributed by atoms with E-state index in [-0.39, 0.29) is 5.91 Å². The van der Waals surface area contributed by atoms with Crippen molar-refractivity contribution < 1.29 is 4.79 Å². The van der Waals surface area contributed by atoms with Crippen LogP contribution in [0.3, 0.4) is 0 Å². The Balaban J connectivity index is 1.59. The molecule has 1 amide bonds. The summed E-state index contributed by atoms with van der Waals surface area (Å²) in [6, 6.07) is 13.6. The number of nitrogens with one attached hydrogen (secondary N) is 1. The topological polar surface area (TPSA) is 42.0 Å². The van der Waals surface area contributed by atoms with Gasteiger partial charge in [-0.1, -0.05) is 59.1 Å². The lowest BCUT2D eigenvalue weighted by Crippen LogP contribution is -2.07. The largest absolute Gasteiger partial charge is 0.298 e. The van der Waals surface area contributed by atoms with E-state index in [2.05, 4.69) is 41.5 Å². The van der Waals surface area contributed by atoms with Crippen LogP contribution >= 0.6 is 34.5 Å². The summed E-state index contributed by atoms with van der Waals surface area (Å²) in [5, 5.41) is 4.29. The molecule has 0 aliphatic heterocycles. The van der Waals surface area contributed by atoms with Crippen LogP contribution in [-0.4, -0.2) is 10.9 Å². The quantitative estimate of drug-likeness (QED) is 0.531. The smallest absolute Gasteiger partial charge is 0.250 e. The van der Waals surface area contributed by atoms with Crippen LogP contribution in [0, 0.1) is 6.92 Å². The van der Waals surface area contributed by atoms with E-state index in [0.717, 1.165) is 16.9 Å². The maximum Gasteiger partial charge on any atom is 0.250 e. The Bertz CT molecular complexity index is 949. The van der Waals surface area contributed by atoms with Gasteiger partial charge in [-0.05, 0) is 36.3 Å². The van der Waals surface area contributed by atoms with Crippen LogP contribution in [-0.2, 0) is 11.2 Å². The number of rotatable bonds is 5. The SMILES string of the molecule is Cc1ccc(Cc2cnc(NC(=O)/C=C\c3ccc(Cl)c(Cl)c3)s2)cc1. The van der Waals surface area contributed by atoms with Gasteiger partial charge >= 0.3 is 0 Å². The molecule has 0 radical (unpaired) electrons. The molecule has 2 aromatic carbocycles. The number of carbonyl (C=O) groups excluding carboxylic acids is 1. The average Bonchev–Trinajstić information content (AvgIpc) is 3.05. The van der Waals surface area contributed by atoms with E-state index in [1.165, 1.54) is 28.5 Å². The second kappa shape index (κ2) is 8.49. The van der Waals surface area contributed by atoms with Crippen LogP contribution in [0.5, 0.6) is 0 Å². The van der Waals surface area contributed by atoms with Crippen molar-refractivity contribution in [1.29, 1.82) is 0 Å². The monoisotopic (exact) mass is 402 g/mol. The van der Waals surface area contributed by atoms with E-state index in [1.54, 1.807) is 30.5 Å². The summed E-state index contributed by atoms with van der Waals surface area (Å²) in [6.45, 7) is 2.07. The third-order valence-electron chi connectivity index (χ3n) is 3.65. The Labute approximate surface area is 166 Å². The van der Waals surface area contributed by atoms with Crippen LogP contribution in [0.15, 0.2) is 54.7 Å². The Morgan fingerprint density at radius 1 is 1.15 bits per heavy atom. The van der Waals surface area contributed by atoms with Crippen LogP contribution in [0.1, 0.15) is 21.6 Å². The van der Waals surface area contributed by atoms with Crippen molar-refractivity contribution in [2.24, 2.45) is 0 Å². The van der Waals surface area contributed by atoms with Crippen molar-refractivity contribution in [3.05, 3.63) is 86.4 Å². The van der Waals surface area contributed by atoms with Crippen molar-refractivity contribution in [2.45, 2.75) is 13.3 Å². The van der Waals surface area contributed by atoms with Crippen LogP contribution in [0.2, 0.25) is 10.0 Å². The van der Waals surface area contributed by atoms with E-state index in [4.69, 9.17) is 23.2 Å². The average molecular weight is 403 g/mol. The number of anilines is 1. The van der Waals surface area contributed by atoms with Crippen molar-refractivity contribution in [1.82, 2.24) is 4.98 Å². The van der Waals surface area contributed by atoms with Crippen molar-refractivity contribution in [3.8, 4) is 0 Å². The van der Waals surface area contributed by atoms with Gasteiger partial charge in [0.25, 0.3) is 0 Å². The summed E-state index contributed by atoms with van der Waals surface area (Å²) < 4.78 is 0. The number of hydrogen-bond acceptors (Lipinski definition) is 3. The molecule has 0 bridgehead atoms.